The first-order valence-corrected chi connectivity index (χ1v) is 7.75. The first-order valence-electron chi connectivity index (χ1n) is 7.38. The molecule has 1 fully saturated rings. The maximum Gasteiger partial charge on any atom is 0.228 e. The lowest BCUT2D eigenvalue weighted by Crippen LogP contribution is -2.39. The van der Waals surface area contributed by atoms with Gasteiger partial charge in [-0.2, -0.15) is 0 Å². The maximum absolute atomic E-state index is 12.5. The summed E-state index contributed by atoms with van der Waals surface area (Å²) in [6.07, 6.45) is 1.73. The van der Waals surface area contributed by atoms with E-state index in [1.54, 1.807) is 0 Å². The summed E-state index contributed by atoms with van der Waals surface area (Å²) in [5, 5.41) is 1.87. The molecule has 0 saturated carbocycles. The third-order valence-corrected chi connectivity index (χ3v) is 4.76. The van der Waals surface area contributed by atoms with Crippen LogP contribution < -0.4 is 0 Å². The van der Waals surface area contributed by atoms with Gasteiger partial charge in [0.1, 0.15) is 0 Å². The van der Waals surface area contributed by atoms with Crippen LogP contribution in [-0.4, -0.2) is 35.5 Å². The van der Waals surface area contributed by atoms with Gasteiger partial charge in [0.2, 0.25) is 5.91 Å². The molecular weight excluding hydrogens is 288 g/mol. The fraction of sp³-hybridized carbons (Fsp3) is 0.438. The number of hydrogen-bond acceptors (Lipinski definition) is 2. The summed E-state index contributed by atoms with van der Waals surface area (Å²) in [5.74, 6) is 0.273. The lowest BCUT2D eigenvalue weighted by Gasteiger charge is -2.29. The molecule has 0 unspecified atom stereocenters. The number of hydrogen-bond donors (Lipinski definition) is 1. The van der Waals surface area contributed by atoms with E-state index in [1.807, 2.05) is 23.1 Å². The van der Waals surface area contributed by atoms with Crippen LogP contribution in [0.5, 0.6) is 0 Å². The third-order valence-electron chi connectivity index (χ3n) is 4.53. The number of carbonyl (C=O) groups excluding carboxylic acids is 1. The maximum atomic E-state index is 12.5. The first-order chi connectivity index (χ1) is 10.2. The predicted octanol–water partition coefficient (Wildman–Crippen LogP) is 2.74. The molecule has 1 N–H and O–H groups in total. The van der Waals surface area contributed by atoms with E-state index in [0.717, 1.165) is 35.3 Å². The van der Waals surface area contributed by atoms with Gasteiger partial charge in [-0.25, -0.2) is 0 Å². The molecule has 1 aromatic heterocycles. The molecule has 1 amide bonds. The van der Waals surface area contributed by atoms with Crippen molar-refractivity contribution in [1.29, 1.82) is 0 Å². The average molecular weight is 305 g/mol. The molecule has 4 nitrogen and oxygen atoms in total. The van der Waals surface area contributed by atoms with Crippen LogP contribution in [0, 0.1) is 5.92 Å². The van der Waals surface area contributed by atoms with Crippen molar-refractivity contribution in [2.24, 2.45) is 5.92 Å². The Morgan fingerprint density at radius 1 is 1.43 bits per heavy atom. The second kappa shape index (κ2) is 5.04. The van der Waals surface area contributed by atoms with E-state index in [4.69, 9.17) is 16.3 Å². The Morgan fingerprint density at radius 3 is 3.14 bits per heavy atom. The fourth-order valence-electron chi connectivity index (χ4n) is 3.36. The molecule has 1 saturated heterocycles. The summed E-state index contributed by atoms with van der Waals surface area (Å²) >= 11 is 6.11. The molecule has 0 spiro atoms. The van der Waals surface area contributed by atoms with Crippen molar-refractivity contribution in [2.45, 2.75) is 19.4 Å². The normalized spacial score (nSPS) is 21.8. The Hall–Kier alpha value is -1.52. The summed E-state index contributed by atoms with van der Waals surface area (Å²) in [6, 6.07) is 5.89. The summed E-state index contributed by atoms with van der Waals surface area (Å²) in [5.41, 5.74) is 3.55. The Morgan fingerprint density at radius 2 is 2.33 bits per heavy atom. The van der Waals surface area contributed by atoms with Gasteiger partial charge in [-0.3, -0.25) is 4.79 Å². The van der Waals surface area contributed by atoms with Crippen LogP contribution >= 0.6 is 11.6 Å². The van der Waals surface area contributed by atoms with Crippen LogP contribution in [0.3, 0.4) is 0 Å². The highest BCUT2D eigenvalue weighted by molar-refractivity contribution is 6.31. The summed E-state index contributed by atoms with van der Waals surface area (Å²) in [7, 11) is 0. The number of carbonyl (C=O) groups is 1. The highest BCUT2D eigenvalue weighted by Crippen LogP contribution is 2.30. The van der Waals surface area contributed by atoms with Gasteiger partial charge in [0.05, 0.1) is 12.5 Å². The van der Waals surface area contributed by atoms with Crippen LogP contribution in [-0.2, 0) is 22.5 Å². The second-order valence-corrected chi connectivity index (χ2v) is 6.28. The molecule has 0 radical (unpaired) electrons. The van der Waals surface area contributed by atoms with Gasteiger partial charge >= 0.3 is 0 Å². The molecule has 1 aromatic carbocycles. The topological polar surface area (TPSA) is 45.3 Å². The van der Waals surface area contributed by atoms with E-state index < -0.39 is 0 Å². The molecule has 4 rings (SSSR count). The minimum atomic E-state index is 0.0420. The van der Waals surface area contributed by atoms with Gasteiger partial charge in [-0.15, -0.1) is 0 Å². The molecule has 5 heteroatoms. The number of rotatable bonds is 1. The van der Waals surface area contributed by atoms with Gasteiger partial charge in [-0.1, -0.05) is 11.6 Å². The number of halogens is 1. The van der Waals surface area contributed by atoms with E-state index in [0.29, 0.717) is 19.8 Å². The van der Waals surface area contributed by atoms with Crippen molar-refractivity contribution in [3.63, 3.8) is 0 Å². The number of aromatic amines is 1. The van der Waals surface area contributed by atoms with E-state index in [9.17, 15) is 4.79 Å². The van der Waals surface area contributed by atoms with Crippen LogP contribution in [0.25, 0.3) is 10.9 Å². The molecule has 110 valence electrons. The Labute approximate surface area is 128 Å². The lowest BCUT2D eigenvalue weighted by molar-refractivity contribution is -0.136. The van der Waals surface area contributed by atoms with Gasteiger partial charge in [0.15, 0.2) is 0 Å². The highest BCUT2D eigenvalue weighted by Gasteiger charge is 2.31. The number of fused-ring (bicyclic) bond motifs is 3. The first kappa shape index (κ1) is 13.2. The third kappa shape index (κ3) is 2.23. The van der Waals surface area contributed by atoms with Gasteiger partial charge < -0.3 is 14.6 Å². The predicted molar refractivity (Wildman–Crippen MR) is 81.4 cm³/mol. The zero-order valence-electron chi connectivity index (χ0n) is 11.7. The number of nitrogens with one attached hydrogen (secondary N) is 1. The SMILES string of the molecule is O=C([C@@H]1CCOC1)N1CCc2[nH]c3ccc(Cl)cc3c2C1. The zero-order chi connectivity index (χ0) is 14.4. The number of benzene rings is 1. The van der Waals surface area contributed by atoms with E-state index in [2.05, 4.69) is 4.98 Å². The summed E-state index contributed by atoms with van der Waals surface area (Å²) in [4.78, 5) is 18.0. The standard InChI is InChI=1S/C16H17ClN2O2/c17-11-1-2-14-12(7-11)13-8-19(5-3-15(13)18-14)16(20)10-4-6-21-9-10/h1-2,7,10,18H,3-6,8-9H2/t10-/m1/s1. The number of ether oxygens (including phenoxy) is 1. The number of amides is 1. The van der Waals surface area contributed by atoms with E-state index in [-0.39, 0.29) is 11.8 Å². The van der Waals surface area contributed by atoms with Crippen molar-refractivity contribution >= 4 is 28.4 Å². The van der Waals surface area contributed by atoms with Crippen LogP contribution in [0.4, 0.5) is 0 Å². The van der Waals surface area contributed by atoms with Gasteiger partial charge in [0.25, 0.3) is 0 Å². The minimum Gasteiger partial charge on any atom is -0.381 e. The van der Waals surface area contributed by atoms with E-state index >= 15 is 0 Å². The molecule has 21 heavy (non-hydrogen) atoms. The Balaban J connectivity index is 1.65. The molecule has 2 aromatic rings. The molecule has 0 bridgehead atoms. The van der Waals surface area contributed by atoms with Crippen molar-refractivity contribution in [1.82, 2.24) is 9.88 Å². The number of aromatic nitrogens is 1. The second-order valence-electron chi connectivity index (χ2n) is 5.84. The average Bonchev–Trinajstić information content (AvgIpc) is 3.13. The quantitative estimate of drug-likeness (QED) is 0.880. The monoisotopic (exact) mass is 304 g/mol. The fourth-order valence-corrected chi connectivity index (χ4v) is 3.53. The van der Waals surface area contributed by atoms with Gasteiger partial charge in [0, 0.05) is 53.3 Å². The van der Waals surface area contributed by atoms with Crippen molar-refractivity contribution < 1.29 is 9.53 Å². The summed E-state index contributed by atoms with van der Waals surface area (Å²) < 4.78 is 5.34. The molecule has 2 aliphatic heterocycles. The van der Waals surface area contributed by atoms with Crippen LogP contribution in [0.1, 0.15) is 17.7 Å². The van der Waals surface area contributed by atoms with Crippen LogP contribution in [0.15, 0.2) is 18.2 Å². The molecule has 2 aliphatic rings. The summed E-state index contributed by atoms with van der Waals surface area (Å²) in [6.45, 7) is 2.73. The van der Waals surface area contributed by atoms with Crippen LogP contribution in [0.2, 0.25) is 5.02 Å². The smallest absolute Gasteiger partial charge is 0.228 e. The van der Waals surface area contributed by atoms with Crippen molar-refractivity contribution in [3.05, 3.63) is 34.5 Å². The molecular formula is C16H17ClN2O2. The molecule has 1 atom stereocenters. The van der Waals surface area contributed by atoms with E-state index in [1.165, 1.54) is 11.3 Å². The van der Waals surface area contributed by atoms with Crippen molar-refractivity contribution in [3.8, 4) is 0 Å². The molecule has 0 aliphatic carbocycles. The number of nitrogens with zero attached hydrogens (tertiary/aromatic N) is 1. The minimum absolute atomic E-state index is 0.0420. The number of H-pyrrole nitrogens is 1. The zero-order valence-corrected chi connectivity index (χ0v) is 12.4. The molecule has 3 heterocycles. The highest BCUT2D eigenvalue weighted by atomic mass is 35.5. The van der Waals surface area contributed by atoms with Crippen molar-refractivity contribution in [2.75, 3.05) is 19.8 Å². The Kier molecular flexibility index (Phi) is 3.16. The largest absolute Gasteiger partial charge is 0.381 e. The Bertz CT molecular complexity index is 704. The lowest BCUT2D eigenvalue weighted by atomic mass is 10.0. The van der Waals surface area contributed by atoms with Gasteiger partial charge in [-0.05, 0) is 24.6 Å².